The molecule has 0 nitrogen and oxygen atoms in total. The standard InChI is InChI=1S/2C6H12.2CH3.Ru/c2*1-6-4-2-3-5-6;;;/h2*6H,2-5H2,1H3;2*1H3;/q;;2*-1;+2. The molecular formula is C14H30Ru. The molecule has 2 aliphatic carbocycles. The molecule has 0 N–H and O–H groups in total. The molecule has 0 aliphatic heterocycles. The smallest absolute Gasteiger partial charge is 0.358 e. The quantitative estimate of drug-likeness (QED) is 0.421. The van der Waals surface area contributed by atoms with E-state index in [4.69, 9.17) is 0 Å². The average Bonchev–Trinajstić information content (AvgIpc) is 2.63. The van der Waals surface area contributed by atoms with Crippen LogP contribution in [0.25, 0.3) is 0 Å². The molecule has 0 aromatic carbocycles. The summed E-state index contributed by atoms with van der Waals surface area (Å²) >= 11 is 0. The van der Waals surface area contributed by atoms with Gasteiger partial charge in [-0.05, 0) is 11.8 Å². The fourth-order valence-electron chi connectivity index (χ4n) is 2.26. The summed E-state index contributed by atoms with van der Waals surface area (Å²) in [6.07, 6.45) is 11.9. The van der Waals surface area contributed by atoms with Crippen molar-refractivity contribution in [1.29, 1.82) is 0 Å². The molecule has 0 aromatic rings. The molecule has 15 heavy (non-hydrogen) atoms. The van der Waals surface area contributed by atoms with Crippen molar-refractivity contribution >= 4 is 0 Å². The van der Waals surface area contributed by atoms with E-state index in [-0.39, 0.29) is 34.3 Å². The Morgan fingerprint density at radius 2 is 0.800 bits per heavy atom. The minimum Gasteiger partial charge on any atom is -0.358 e. The van der Waals surface area contributed by atoms with Gasteiger partial charge in [0.15, 0.2) is 0 Å². The van der Waals surface area contributed by atoms with E-state index in [0.29, 0.717) is 0 Å². The molecule has 0 heterocycles. The SMILES string of the molecule is CC1CCCC1.CC1CCCC1.[CH3-].[CH3-].[Ru+2]. The number of hydrogen-bond acceptors (Lipinski definition) is 0. The van der Waals surface area contributed by atoms with Crippen LogP contribution in [0.4, 0.5) is 0 Å². The van der Waals surface area contributed by atoms with E-state index in [1.54, 1.807) is 0 Å². The van der Waals surface area contributed by atoms with Crippen LogP contribution in [0.5, 0.6) is 0 Å². The molecule has 0 unspecified atom stereocenters. The van der Waals surface area contributed by atoms with Gasteiger partial charge in [-0.2, -0.15) is 0 Å². The zero-order valence-electron chi connectivity index (χ0n) is 11.2. The molecular weight excluding hydrogens is 269 g/mol. The van der Waals surface area contributed by atoms with Gasteiger partial charge in [0, 0.05) is 0 Å². The second-order valence-corrected chi connectivity index (χ2v) is 4.78. The van der Waals surface area contributed by atoms with Crippen LogP contribution in [0.1, 0.15) is 65.2 Å². The van der Waals surface area contributed by atoms with Crippen LogP contribution < -0.4 is 0 Å². The molecule has 2 fully saturated rings. The molecule has 2 aliphatic rings. The van der Waals surface area contributed by atoms with E-state index in [0.717, 1.165) is 11.8 Å². The number of rotatable bonds is 0. The van der Waals surface area contributed by atoms with Gasteiger partial charge < -0.3 is 14.9 Å². The van der Waals surface area contributed by atoms with Crippen molar-refractivity contribution < 1.29 is 19.5 Å². The van der Waals surface area contributed by atoms with Gasteiger partial charge >= 0.3 is 19.5 Å². The van der Waals surface area contributed by atoms with Crippen molar-refractivity contribution in [1.82, 2.24) is 0 Å². The van der Waals surface area contributed by atoms with Crippen molar-refractivity contribution in [2.75, 3.05) is 0 Å². The minimum absolute atomic E-state index is 0. The van der Waals surface area contributed by atoms with Crippen LogP contribution in [0, 0.1) is 26.7 Å². The third-order valence-electron chi connectivity index (χ3n) is 3.29. The van der Waals surface area contributed by atoms with Crippen LogP contribution >= 0.6 is 0 Å². The molecule has 0 saturated heterocycles. The molecule has 2 saturated carbocycles. The van der Waals surface area contributed by atoms with Crippen LogP contribution in [-0.2, 0) is 19.5 Å². The Kier molecular flexibility index (Phi) is 17.7. The first kappa shape index (κ1) is 21.0. The zero-order chi connectivity index (χ0) is 8.81. The Hall–Kier alpha value is 0.623. The summed E-state index contributed by atoms with van der Waals surface area (Å²) in [7, 11) is 0. The first-order valence-corrected chi connectivity index (χ1v) is 5.79. The largest absolute Gasteiger partial charge is 2.00 e. The van der Waals surface area contributed by atoms with Gasteiger partial charge in [-0.1, -0.05) is 65.2 Å². The van der Waals surface area contributed by atoms with Crippen LogP contribution in [0.2, 0.25) is 0 Å². The summed E-state index contributed by atoms with van der Waals surface area (Å²) in [5.41, 5.74) is 0. The zero-order valence-corrected chi connectivity index (χ0v) is 12.9. The van der Waals surface area contributed by atoms with Crippen molar-refractivity contribution in [3.8, 4) is 0 Å². The fraction of sp³-hybridized carbons (Fsp3) is 0.857. The van der Waals surface area contributed by atoms with Gasteiger partial charge in [-0.15, -0.1) is 0 Å². The molecule has 1 heteroatoms. The second-order valence-electron chi connectivity index (χ2n) is 4.78. The van der Waals surface area contributed by atoms with Gasteiger partial charge in [0.25, 0.3) is 0 Å². The monoisotopic (exact) mass is 300 g/mol. The Bertz CT molecular complexity index is 85.9. The van der Waals surface area contributed by atoms with Gasteiger partial charge in [0.2, 0.25) is 0 Å². The minimum atomic E-state index is 0. The van der Waals surface area contributed by atoms with Crippen LogP contribution in [-0.4, -0.2) is 0 Å². The predicted octanol–water partition coefficient (Wildman–Crippen LogP) is 5.29. The summed E-state index contributed by atoms with van der Waals surface area (Å²) in [5, 5.41) is 0. The van der Waals surface area contributed by atoms with Crippen LogP contribution in [0.3, 0.4) is 0 Å². The Morgan fingerprint density at radius 1 is 0.600 bits per heavy atom. The molecule has 0 aromatic heterocycles. The second kappa shape index (κ2) is 12.7. The maximum Gasteiger partial charge on any atom is 2.00 e. The van der Waals surface area contributed by atoms with E-state index in [1.807, 2.05) is 0 Å². The molecule has 2 rings (SSSR count). The Balaban J connectivity index is -0.000000160. The summed E-state index contributed by atoms with van der Waals surface area (Å²) in [6, 6.07) is 0. The molecule has 94 valence electrons. The van der Waals surface area contributed by atoms with E-state index >= 15 is 0 Å². The Morgan fingerprint density at radius 3 is 0.867 bits per heavy atom. The van der Waals surface area contributed by atoms with Gasteiger partial charge in [-0.25, -0.2) is 0 Å². The molecule has 0 atom stereocenters. The van der Waals surface area contributed by atoms with Crippen LogP contribution in [0.15, 0.2) is 0 Å². The first-order valence-electron chi connectivity index (χ1n) is 5.79. The van der Waals surface area contributed by atoms with E-state index in [9.17, 15) is 0 Å². The van der Waals surface area contributed by atoms with E-state index in [2.05, 4.69) is 13.8 Å². The summed E-state index contributed by atoms with van der Waals surface area (Å²) < 4.78 is 0. The molecule has 0 bridgehead atoms. The Labute approximate surface area is 111 Å². The topological polar surface area (TPSA) is 0 Å². The average molecular weight is 299 g/mol. The van der Waals surface area contributed by atoms with Crippen molar-refractivity contribution in [3.63, 3.8) is 0 Å². The van der Waals surface area contributed by atoms with E-state index < -0.39 is 0 Å². The van der Waals surface area contributed by atoms with Gasteiger partial charge in [-0.3, -0.25) is 0 Å². The maximum absolute atomic E-state index is 2.34. The van der Waals surface area contributed by atoms with Crippen molar-refractivity contribution in [3.05, 3.63) is 14.9 Å². The van der Waals surface area contributed by atoms with Crippen molar-refractivity contribution in [2.45, 2.75) is 65.2 Å². The number of hydrogen-bond donors (Lipinski definition) is 0. The van der Waals surface area contributed by atoms with Gasteiger partial charge in [0.05, 0.1) is 0 Å². The maximum atomic E-state index is 2.34. The first-order chi connectivity index (χ1) is 5.79. The predicted molar refractivity (Wildman–Crippen MR) is 68.1 cm³/mol. The summed E-state index contributed by atoms with van der Waals surface area (Å²) in [4.78, 5) is 0. The third-order valence-corrected chi connectivity index (χ3v) is 3.29. The fourth-order valence-corrected chi connectivity index (χ4v) is 2.26. The van der Waals surface area contributed by atoms with Gasteiger partial charge in [0.1, 0.15) is 0 Å². The molecule has 0 amide bonds. The summed E-state index contributed by atoms with van der Waals surface area (Å²) in [5.74, 6) is 2.09. The van der Waals surface area contributed by atoms with Crippen molar-refractivity contribution in [2.24, 2.45) is 11.8 Å². The molecule has 0 spiro atoms. The normalized spacial score (nSPS) is 20.4. The van der Waals surface area contributed by atoms with E-state index in [1.165, 1.54) is 51.4 Å². The molecule has 0 radical (unpaired) electrons. The third kappa shape index (κ3) is 10.9. The summed E-state index contributed by atoms with van der Waals surface area (Å²) in [6.45, 7) is 4.68.